The maximum absolute atomic E-state index is 14.0. The first-order valence-electron chi connectivity index (χ1n) is 38.5. The number of carbonyl (C=O) groups is 6. The van der Waals surface area contributed by atoms with Gasteiger partial charge in [0.2, 0.25) is 11.8 Å². The molecule has 0 fully saturated rings. The van der Waals surface area contributed by atoms with Crippen LogP contribution in [0.1, 0.15) is 341 Å². The highest BCUT2D eigenvalue weighted by Gasteiger charge is 2.26. The number of hydrogen-bond donors (Lipinski definition) is 4. The van der Waals surface area contributed by atoms with Gasteiger partial charge in [0.05, 0.1) is 6.54 Å². The Hall–Kier alpha value is -4.06. The molecule has 0 radical (unpaired) electrons. The van der Waals surface area contributed by atoms with Crippen molar-refractivity contribution in [2.24, 2.45) is 0 Å². The topological polar surface area (TPSA) is 200 Å². The Kier molecular flexibility index (Phi) is 54.4. The minimum atomic E-state index is -0.786. The minimum absolute atomic E-state index is 0.0792. The van der Waals surface area contributed by atoms with Crippen LogP contribution < -0.4 is 21.3 Å². The van der Waals surface area contributed by atoms with E-state index in [2.05, 4.69) is 44.9 Å². The Bertz CT molecular complexity index is 1810. The maximum Gasteiger partial charge on any atom is 0.410 e. The number of rotatable bonds is 59. The van der Waals surface area contributed by atoms with Gasteiger partial charge in [-0.2, -0.15) is 0 Å². The van der Waals surface area contributed by atoms with Gasteiger partial charge in [-0.1, -0.05) is 206 Å². The molecule has 4 N–H and O–H groups in total. The molecule has 94 heavy (non-hydrogen) atoms. The lowest BCUT2D eigenvalue weighted by molar-refractivity contribution is -0.133. The number of carbonyl (C=O) groups excluding carboxylic acids is 6. The lowest BCUT2D eigenvalue weighted by atomic mass is 10.0. The Balaban J connectivity index is 5.83. The summed E-state index contributed by atoms with van der Waals surface area (Å²) in [6.07, 6.45) is 43.9. The zero-order valence-corrected chi connectivity index (χ0v) is 63.6. The molecule has 0 aliphatic heterocycles. The van der Waals surface area contributed by atoms with Crippen molar-refractivity contribution >= 4 is 36.2 Å². The molecule has 0 aromatic heterocycles. The van der Waals surface area contributed by atoms with Gasteiger partial charge in [0.25, 0.3) is 0 Å². The molecule has 0 saturated heterocycles. The van der Waals surface area contributed by atoms with Gasteiger partial charge in [-0.05, 0) is 174 Å². The largest absolute Gasteiger partial charge is 0.444 e. The summed E-state index contributed by atoms with van der Waals surface area (Å²) in [7, 11) is 0. The van der Waals surface area contributed by atoms with E-state index in [1.165, 1.54) is 185 Å². The van der Waals surface area contributed by atoms with Crippen molar-refractivity contribution < 1.29 is 47.7 Å². The highest BCUT2D eigenvalue weighted by molar-refractivity contribution is 5.87. The fourth-order valence-corrected chi connectivity index (χ4v) is 11.4. The van der Waals surface area contributed by atoms with Crippen LogP contribution in [0.5, 0.6) is 0 Å². The van der Waals surface area contributed by atoms with Crippen LogP contribution in [0.15, 0.2) is 0 Å². The van der Waals surface area contributed by atoms with E-state index in [0.29, 0.717) is 58.7 Å². The number of alkyl carbamates (subject to hydrolysis) is 3. The van der Waals surface area contributed by atoms with E-state index in [1.807, 2.05) is 88.0 Å². The third kappa shape index (κ3) is 62.7. The summed E-state index contributed by atoms with van der Waals surface area (Å²) in [6, 6.07) is 0. The van der Waals surface area contributed by atoms with Gasteiger partial charge >= 0.3 is 24.4 Å². The number of ether oxygens (including phenoxy) is 4. The van der Waals surface area contributed by atoms with E-state index < -0.39 is 52.7 Å². The Morgan fingerprint density at radius 3 is 0.809 bits per heavy atom. The van der Waals surface area contributed by atoms with Crippen molar-refractivity contribution in [2.45, 2.75) is 363 Å². The highest BCUT2D eigenvalue weighted by Crippen LogP contribution is 2.18. The number of unbranched alkanes of at least 4 members (excludes halogenated alkanes) is 31. The van der Waals surface area contributed by atoms with Gasteiger partial charge in [-0.25, -0.2) is 19.2 Å². The summed E-state index contributed by atoms with van der Waals surface area (Å²) in [5.74, 6) is -0.482. The highest BCUT2D eigenvalue weighted by atomic mass is 16.6. The smallest absolute Gasteiger partial charge is 0.410 e. The summed E-state index contributed by atoms with van der Waals surface area (Å²) in [6.45, 7) is 33.5. The van der Waals surface area contributed by atoms with Gasteiger partial charge in [0, 0.05) is 39.3 Å². The molecule has 554 valence electrons. The van der Waals surface area contributed by atoms with Gasteiger partial charge in [-0.15, -0.1) is 0 Å². The third-order valence-corrected chi connectivity index (χ3v) is 16.4. The average molecular weight is 1340 g/mol. The summed E-state index contributed by atoms with van der Waals surface area (Å²) in [5.41, 5.74) is -2.58. The van der Waals surface area contributed by atoms with Gasteiger partial charge < -0.3 is 54.9 Å². The van der Waals surface area contributed by atoms with Crippen LogP contribution in [-0.4, -0.2) is 170 Å². The zero-order chi connectivity index (χ0) is 70.2. The van der Waals surface area contributed by atoms with Crippen LogP contribution in [0.2, 0.25) is 0 Å². The van der Waals surface area contributed by atoms with Crippen molar-refractivity contribution in [1.29, 1.82) is 0 Å². The molecule has 0 aromatic rings. The molecule has 6 amide bonds. The van der Waals surface area contributed by atoms with Crippen LogP contribution in [0.3, 0.4) is 0 Å². The summed E-state index contributed by atoms with van der Waals surface area (Å²) < 4.78 is 22.2. The fraction of sp³-hybridized carbons (Fsp3) is 0.921. The number of hydrogen-bond acceptors (Lipinski definition) is 12. The number of nitrogens with zero attached hydrogens (tertiary/aromatic N) is 4. The SMILES string of the molecule is CCCCCCCCCCCCCCCCCCN(CCCCCCCCCCCCCCCCCC)C(=O)CNC(=O)CN(CCCN(CCCCN(CCCNC(=O)OC(C)(C)C)CCCNC(=O)OC(C)(C)C)CCCNC(=O)OC(C)(C)C)C(=O)OC(C)(C)C. The minimum Gasteiger partial charge on any atom is -0.444 e. The molecule has 0 aliphatic rings. The second-order valence-electron chi connectivity index (χ2n) is 30.8. The molecule has 18 nitrogen and oxygen atoms in total. The second-order valence-corrected chi connectivity index (χ2v) is 30.8. The molecule has 0 bridgehead atoms. The lowest BCUT2D eigenvalue weighted by Crippen LogP contribution is -2.47. The molecule has 0 aromatic carbocycles. The first kappa shape index (κ1) is 89.9. The van der Waals surface area contributed by atoms with E-state index in [-0.39, 0.29) is 25.5 Å². The third-order valence-electron chi connectivity index (χ3n) is 16.4. The molecular weight excluding hydrogens is 1180 g/mol. The van der Waals surface area contributed by atoms with Crippen LogP contribution in [-0.2, 0) is 28.5 Å². The molecule has 0 aliphatic carbocycles. The van der Waals surface area contributed by atoms with Crippen LogP contribution in [0.25, 0.3) is 0 Å². The predicted octanol–water partition coefficient (Wildman–Crippen LogP) is 18.2. The molecule has 18 heteroatoms. The lowest BCUT2D eigenvalue weighted by Gasteiger charge is -2.29. The van der Waals surface area contributed by atoms with Crippen LogP contribution in [0, 0.1) is 0 Å². The van der Waals surface area contributed by atoms with Gasteiger partial charge in [-0.3, -0.25) is 14.5 Å². The van der Waals surface area contributed by atoms with Crippen molar-refractivity contribution in [1.82, 2.24) is 40.9 Å². The zero-order valence-electron chi connectivity index (χ0n) is 63.6. The average Bonchev–Trinajstić information content (AvgIpc) is 1.32. The maximum atomic E-state index is 14.0. The van der Waals surface area contributed by atoms with E-state index in [4.69, 9.17) is 18.9 Å². The second kappa shape index (κ2) is 56.9. The van der Waals surface area contributed by atoms with Gasteiger partial charge in [0.15, 0.2) is 0 Å². The normalized spacial score (nSPS) is 12.0. The summed E-state index contributed by atoms with van der Waals surface area (Å²) in [5, 5.41) is 11.5. The van der Waals surface area contributed by atoms with Crippen molar-refractivity contribution in [3.05, 3.63) is 0 Å². The molecule has 0 spiro atoms. The number of amides is 6. The van der Waals surface area contributed by atoms with Crippen LogP contribution >= 0.6 is 0 Å². The van der Waals surface area contributed by atoms with E-state index >= 15 is 0 Å². The molecule has 0 saturated carbocycles. The predicted molar refractivity (Wildman–Crippen MR) is 390 cm³/mol. The Morgan fingerprint density at radius 2 is 0.521 bits per heavy atom. The van der Waals surface area contributed by atoms with Gasteiger partial charge in [0.1, 0.15) is 28.9 Å². The monoisotopic (exact) mass is 1340 g/mol. The first-order chi connectivity index (χ1) is 44.6. The Labute approximate surface area is 577 Å². The van der Waals surface area contributed by atoms with E-state index in [1.54, 1.807) is 0 Å². The summed E-state index contributed by atoms with van der Waals surface area (Å²) >= 11 is 0. The quantitative estimate of drug-likeness (QED) is 0.0332. The van der Waals surface area contributed by atoms with Crippen molar-refractivity contribution in [3.8, 4) is 0 Å². The summed E-state index contributed by atoms with van der Waals surface area (Å²) in [4.78, 5) is 87.0. The molecule has 0 rings (SSSR count). The van der Waals surface area contributed by atoms with E-state index in [0.717, 1.165) is 77.5 Å². The standard InChI is InChI=1S/C76H150N8O10/c1-15-17-19-21-23-25-27-29-31-33-35-37-39-41-43-45-62-83(63-46-44-42-40-38-36-34-32-30-28-26-24-22-20-18-16-2)68(86)65-80-67(85)66-84(72(90)94-76(12,13)14)64-52-61-82(60-51-55-79-71(89)93-75(9,10)11)57-48-47-56-81(58-49-53-77-69(87)91-73(3,4)5)59-50-54-78-70(88)92-74(6,7)8/h15-66H2,1-14H3,(H,77,87)(H,78,88)(H,79,89)(H,80,85). The fourth-order valence-electron chi connectivity index (χ4n) is 11.4. The van der Waals surface area contributed by atoms with Crippen molar-refractivity contribution in [3.63, 3.8) is 0 Å². The number of nitrogens with one attached hydrogen (secondary N) is 4. The Morgan fingerprint density at radius 1 is 0.277 bits per heavy atom. The van der Waals surface area contributed by atoms with Crippen LogP contribution in [0.4, 0.5) is 19.2 Å². The first-order valence-corrected chi connectivity index (χ1v) is 38.5. The van der Waals surface area contributed by atoms with Crippen molar-refractivity contribution in [2.75, 3.05) is 91.6 Å². The molecule has 0 unspecified atom stereocenters. The molecule has 0 atom stereocenters. The molecule has 0 heterocycles. The molecular formula is C76H150N8O10. The van der Waals surface area contributed by atoms with E-state index in [9.17, 15) is 28.8 Å².